The number of carbonyl (C=O) groups excluding carboxylic acids is 4. The molecule has 0 saturated heterocycles. The van der Waals surface area contributed by atoms with Crippen LogP contribution < -0.4 is 11.1 Å². The quantitative estimate of drug-likeness (QED) is 0.267. The van der Waals surface area contributed by atoms with E-state index in [1.54, 1.807) is 4.90 Å². The Balaban J connectivity index is -0.000000173. The monoisotopic (exact) mass is 577 g/mol. The van der Waals surface area contributed by atoms with Crippen molar-refractivity contribution >= 4 is 25.6 Å². The van der Waals surface area contributed by atoms with Crippen LogP contribution in [0.4, 0.5) is 4.79 Å². The number of nitrogens with two attached hydrogens (primary N) is 1. The van der Waals surface area contributed by atoms with E-state index in [2.05, 4.69) is 58.7 Å². The largest absolute Gasteiger partial charge is 0.445 e. The molecule has 2 amide bonds. The van der Waals surface area contributed by atoms with Gasteiger partial charge < -0.3 is 30.3 Å². The zero-order chi connectivity index (χ0) is 33.5. The lowest BCUT2D eigenvalue weighted by Gasteiger charge is -2.28. The topological polar surface area (TPSA) is 119 Å². The van der Waals surface area contributed by atoms with Crippen LogP contribution in [0.15, 0.2) is 30.3 Å². The van der Waals surface area contributed by atoms with E-state index in [-0.39, 0.29) is 12.5 Å². The molecule has 0 bridgehead atoms. The van der Waals surface area contributed by atoms with E-state index in [1.165, 1.54) is 19.3 Å². The number of ether oxygens (including phenoxy) is 1. The summed E-state index contributed by atoms with van der Waals surface area (Å²) in [6, 6.07) is 8.87. The Morgan fingerprint density at radius 1 is 0.902 bits per heavy atom. The van der Waals surface area contributed by atoms with Crippen LogP contribution in [0.25, 0.3) is 0 Å². The van der Waals surface area contributed by atoms with Crippen LogP contribution >= 0.6 is 0 Å². The highest BCUT2D eigenvalue weighted by Crippen LogP contribution is 2.08. The van der Waals surface area contributed by atoms with Gasteiger partial charge in [0.15, 0.2) is 0 Å². The molecule has 0 saturated carbocycles. The van der Waals surface area contributed by atoms with Gasteiger partial charge in [0.1, 0.15) is 26.2 Å². The van der Waals surface area contributed by atoms with Gasteiger partial charge in [0, 0.05) is 13.1 Å². The van der Waals surface area contributed by atoms with Crippen LogP contribution in [0.5, 0.6) is 0 Å². The summed E-state index contributed by atoms with van der Waals surface area (Å²) in [5, 5.41) is 2.70. The number of unbranched alkanes of at least 4 members (excludes halogenated alkanes) is 2. The smallest absolute Gasteiger partial charge is 0.408 e. The van der Waals surface area contributed by atoms with Crippen molar-refractivity contribution < 1.29 is 23.9 Å². The van der Waals surface area contributed by atoms with E-state index in [9.17, 15) is 9.59 Å². The second-order valence-corrected chi connectivity index (χ2v) is 8.17. The highest BCUT2D eigenvalue weighted by atomic mass is 16.5. The molecule has 0 aliphatic heterocycles. The number of carbonyl (C=O) groups is 4. The number of nitrogens with one attached hydrogen (secondary N) is 1. The third kappa shape index (κ3) is 36.4. The van der Waals surface area contributed by atoms with Crippen LogP contribution in [0.1, 0.15) is 92.6 Å². The molecular weight excluding hydrogens is 518 g/mol. The van der Waals surface area contributed by atoms with Crippen LogP contribution in [-0.2, 0) is 25.7 Å². The van der Waals surface area contributed by atoms with Gasteiger partial charge in [-0.2, -0.15) is 0 Å². The molecule has 236 valence electrons. The molecule has 0 radical (unpaired) electrons. The minimum atomic E-state index is -0.580. The van der Waals surface area contributed by atoms with Gasteiger partial charge >= 0.3 is 6.09 Å². The average Bonchev–Trinajstić information content (AvgIpc) is 3.04. The first kappa shape index (κ1) is 50.2. The van der Waals surface area contributed by atoms with Gasteiger partial charge in [0.2, 0.25) is 5.91 Å². The first-order valence-corrected chi connectivity index (χ1v) is 14.1. The molecule has 8 nitrogen and oxygen atoms in total. The molecule has 1 aromatic carbocycles. The zero-order valence-corrected chi connectivity index (χ0v) is 26.9. The molecule has 41 heavy (non-hydrogen) atoms. The molecule has 1 atom stereocenters. The highest BCUT2D eigenvalue weighted by Gasteiger charge is 2.24. The van der Waals surface area contributed by atoms with E-state index >= 15 is 0 Å². The number of rotatable bonds is 13. The molecule has 0 aliphatic carbocycles. The minimum absolute atomic E-state index is 0.0711. The number of nitrogens with zero attached hydrogens (tertiary/aromatic N) is 1. The molecule has 1 rings (SSSR count). The number of hydrogen-bond donors (Lipinski definition) is 2. The Bertz CT molecular complexity index is 684. The average molecular weight is 578 g/mol. The van der Waals surface area contributed by atoms with E-state index in [0.29, 0.717) is 32.0 Å². The summed E-state index contributed by atoms with van der Waals surface area (Å²) >= 11 is 0. The standard InChI is InChI=1S/C20H33N3O3.C5H12.C2H6.2C2H2.2CH2O/c1-4-18(19(24)23(13-8-12-21)14-11-16(2)3)22-20(25)26-15-17-9-6-5-7-10-17;1-3-5-4-2;5*1-2/h5-7,9-10,16,18H,4,8,11-15,21H2,1-3H3,(H,22,25);3-5H2,1-2H3;1-2H3;2*1-2H;2*1H2/t18-;;;;;;/m1....../s1. The Morgan fingerprint density at radius 2 is 1.39 bits per heavy atom. The Morgan fingerprint density at radius 3 is 1.76 bits per heavy atom. The fraction of sp³-hybridized carbons (Fsp3) is 0.576. The van der Waals surface area contributed by atoms with Gasteiger partial charge in [-0.15, -0.1) is 25.7 Å². The van der Waals surface area contributed by atoms with Gasteiger partial charge in [-0.1, -0.05) is 98.1 Å². The van der Waals surface area contributed by atoms with E-state index < -0.39 is 12.1 Å². The van der Waals surface area contributed by atoms with Gasteiger partial charge in [-0.3, -0.25) is 4.79 Å². The van der Waals surface area contributed by atoms with Gasteiger partial charge in [0.25, 0.3) is 0 Å². The van der Waals surface area contributed by atoms with Crippen LogP contribution in [0.3, 0.4) is 0 Å². The highest BCUT2D eigenvalue weighted by molar-refractivity contribution is 5.85. The molecule has 0 heterocycles. The predicted molar refractivity (Wildman–Crippen MR) is 174 cm³/mol. The molecule has 8 heteroatoms. The molecule has 0 fully saturated rings. The number of alkyl carbamates (subject to hydrolysis) is 1. The third-order valence-electron chi connectivity index (χ3n) is 4.84. The molecule has 1 aromatic rings. The summed E-state index contributed by atoms with van der Waals surface area (Å²) in [6.07, 6.45) is 21.7. The summed E-state index contributed by atoms with van der Waals surface area (Å²) in [5.74, 6) is 0.435. The molecular formula is C33H59N3O5. The van der Waals surface area contributed by atoms with Gasteiger partial charge in [-0.25, -0.2) is 4.79 Å². The molecule has 0 aromatic heterocycles. The Labute approximate surface area is 252 Å². The maximum atomic E-state index is 12.8. The minimum Gasteiger partial charge on any atom is -0.445 e. The second-order valence-electron chi connectivity index (χ2n) is 8.17. The number of amides is 2. The number of hydrogen-bond acceptors (Lipinski definition) is 6. The maximum Gasteiger partial charge on any atom is 0.408 e. The van der Waals surface area contributed by atoms with Crippen molar-refractivity contribution in [1.29, 1.82) is 0 Å². The summed E-state index contributed by atoms with van der Waals surface area (Å²) in [6.45, 7) is 20.6. The lowest BCUT2D eigenvalue weighted by atomic mass is 10.1. The normalized spacial score (nSPS) is 9.00. The fourth-order valence-corrected chi connectivity index (χ4v) is 2.85. The van der Waals surface area contributed by atoms with Crippen LogP contribution in [0, 0.1) is 31.6 Å². The van der Waals surface area contributed by atoms with Crippen molar-refractivity contribution in [2.75, 3.05) is 19.6 Å². The van der Waals surface area contributed by atoms with Crippen molar-refractivity contribution in [3.63, 3.8) is 0 Å². The lowest BCUT2D eigenvalue weighted by molar-refractivity contribution is -0.133. The van der Waals surface area contributed by atoms with Gasteiger partial charge in [-0.05, 0) is 37.3 Å². The lowest BCUT2D eigenvalue weighted by Crippen LogP contribution is -2.49. The second kappa shape index (κ2) is 46.2. The summed E-state index contributed by atoms with van der Waals surface area (Å²) in [7, 11) is 0. The van der Waals surface area contributed by atoms with Crippen molar-refractivity contribution in [2.45, 2.75) is 99.6 Å². The van der Waals surface area contributed by atoms with Crippen molar-refractivity contribution in [1.82, 2.24) is 10.2 Å². The van der Waals surface area contributed by atoms with Crippen molar-refractivity contribution in [3.8, 4) is 25.7 Å². The van der Waals surface area contributed by atoms with E-state index in [4.69, 9.17) is 20.1 Å². The third-order valence-corrected chi connectivity index (χ3v) is 4.84. The Hall–Kier alpha value is -3.62. The number of terminal acetylenes is 2. The first-order valence-electron chi connectivity index (χ1n) is 14.1. The number of benzene rings is 1. The fourth-order valence-electron chi connectivity index (χ4n) is 2.85. The van der Waals surface area contributed by atoms with E-state index in [0.717, 1.165) is 18.4 Å². The Kier molecular flexibility index (Phi) is 56.7. The van der Waals surface area contributed by atoms with Crippen LogP contribution in [0.2, 0.25) is 0 Å². The summed E-state index contributed by atoms with van der Waals surface area (Å²) < 4.78 is 5.23. The molecule has 0 aliphatic rings. The first-order chi connectivity index (χ1) is 19.9. The predicted octanol–water partition coefficient (Wildman–Crippen LogP) is 6.27. The summed E-state index contributed by atoms with van der Waals surface area (Å²) in [4.78, 5) is 42.7. The van der Waals surface area contributed by atoms with Crippen molar-refractivity contribution in [3.05, 3.63) is 35.9 Å². The van der Waals surface area contributed by atoms with E-state index in [1.807, 2.05) is 64.7 Å². The van der Waals surface area contributed by atoms with Crippen molar-refractivity contribution in [2.24, 2.45) is 11.7 Å². The van der Waals surface area contributed by atoms with Gasteiger partial charge in [0.05, 0.1) is 0 Å². The molecule has 0 unspecified atom stereocenters. The SMILES string of the molecule is C#C.C#C.C=O.C=O.CC.CCCCC.CC[C@@H](NC(=O)OCc1ccccc1)C(=O)N(CCCN)CCC(C)C. The van der Waals surface area contributed by atoms with Crippen LogP contribution in [-0.4, -0.2) is 56.2 Å². The molecule has 3 N–H and O–H groups in total. The zero-order valence-electron chi connectivity index (χ0n) is 26.9. The molecule has 0 spiro atoms. The summed E-state index contributed by atoms with van der Waals surface area (Å²) in [5.41, 5.74) is 6.50. The maximum absolute atomic E-state index is 12.8.